The molecule has 0 amide bonds. The fourth-order valence-electron chi connectivity index (χ4n) is 1.73. The van der Waals surface area contributed by atoms with E-state index in [1.165, 1.54) is 0 Å². The van der Waals surface area contributed by atoms with E-state index in [9.17, 15) is 0 Å². The molecule has 1 unspecified atom stereocenters. The lowest BCUT2D eigenvalue weighted by Crippen LogP contribution is -2.37. The van der Waals surface area contributed by atoms with Gasteiger partial charge in [-0.3, -0.25) is 5.43 Å². The molecule has 0 bridgehead atoms. The molecule has 120 valence electrons. The maximum Gasteiger partial charge on any atom is 0.323 e. The number of nitrogens with two attached hydrogens (primary N) is 1. The van der Waals surface area contributed by atoms with Gasteiger partial charge in [0.15, 0.2) is 0 Å². The fraction of sp³-hybridized carbons (Fsp3) is 0.769. The Morgan fingerprint density at radius 3 is 2.48 bits per heavy atom. The van der Waals surface area contributed by atoms with Crippen LogP contribution in [0.2, 0.25) is 0 Å². The third-order valence-corrected chi connectivity index (χ3v) is 2.99. The quantitative estimate of drug-likeness (QED) is 0.518. The summed E-state index contributed by atoms with van der Waals surface area (Å²) in [7, 11) is 1.67. The van der Waals surface area contributed by atoms with Crippen LogP contribution in [0.15, 0.2) is 0 Å². The van der Waals surface area contributed by atoms with Gasteiger partial charge in [0.2, 0.25) is 11.9 Å². The predicted molar refractivity (Wildman–Crippen MR) is 82.4 cm³/mol. The van der Waals surface area contributed by atoms with Crippen LogP contribution >= 0.6 is 0 Å². The van der Waals surface area contributed by atoms with Crippen LogP contribution in [0, 0.1) is 0 Å². The second kappa shape index (κ2) is 8.58. The Morgan fingerprint density at radius 2 is 1.95 bits per heavy atom. The van der Waals surface area contributed by atoms with Crippen LogP contribution in [0.1, 0.15) is 34.1 Å². The standard InChI is InChI=1S/C13H26N6O2/c1-6-10(4)19(7-8-20-5)12-15-11(18-14)16-13(17-12)21-9(2)3/h9-10H,6-8,14H2,1-5H3,(H,15,16,17,18). The molecule has 1 aromatic heterocycles. The first-order valence-electron chi connectivity index (χ1n) is 7.16. The highest BCUT2D eigenvalue weighted by molar-refractivity contribution is 5.38. The monoisotopic (exact) mass is 298 g/mol. The molecule has 0 aliphatic rings. The van der Waals surface area contributed by atoms with E-state index in [-0.39, 0.29) is 24.1 Å². The number of nitrogen functional groups attached to an aromatic ring is 1. The van der Waals surface area contributed by atoms with Crippen molar-refractivity contribution in [2.75, 3.05) is 30.6 Å². The van der Waals surface area contributed by atoms with Gasteiger partial charge >= 0.3 is 6.01 Å². The van der Waals surface area contributed by atoms with Crippen molar-refractivity contribution in [3.05, 3.63) is 0 Å². The van der Waals surface area contributed by atoms with Crippen LogP contribution < -0.4 is 20.9 Å². The van der Waals surface area contributed by atoms with E-state index in [1.807, 2.05) is 13.8 Å². The van der Waals surface area contributed by atoms with Gasteiger partial charge in [0.25, 0.3) is 0 Å². The van der Waals surface area contributed by atoms with E-state index >= 15 is 0 Å². The molecule has 8 nitrogen and oxygen atoms in total. The molecule has 0 saturated carbocycles. The molecule has 1 rings (SSSR count). The SMILES string of the molecule is CCC(C)N(CCOC)c1nc(NN)nc(OC(C)C)n1. The zero-order valence-corrected chi connectivity index (χ0v) is 13.5. The van der Waals surface area contributed by atoms with Crippen LogP contribution in [-0.2, 0) is 4.74 Å². The molecule has 0 fully saturated rings. The third-order valence-electron chi connectivity index (χ3n) is 2.99. The van der Waals surface area contributed by atoms with Gasteiger partial charge in [-0.15, -0.1) is 0 Å². The van der Waals surface area contributed by atoms with Crippen molar-refractivity contribution in [2.24, 2.45) is 5.84 Å². The van der Waals surface area contributed by atoms with E-state index in [4.69, 9.17) is 15.3 Å². The lowest BCUT2D eigenvalue weighted by atomic mass is 10.2. The van der Waals surface area contributed by atoms with Crippen molar-refractivity contribution in [2.45, 2.75) is 46.3 Å². The van der Waals surface area contributed by atoms with Gasteiger partial charge in [-0.05, 0) is 27.2 Å². The van der Waals surface area contributed by atoms with E-state index in [0.29, 0.717) is 19.1 Å². The molecule has 0 saturated heterocycles. The largest absolute Gasteiger partial charge is 0.461 e. The van der Waals surface area contributed by atoms with Crippen molar-refractivity contribution >= 4 is 11.9 Å². The molecule has 3 N–H and O–H groups in total. The molecular formula is C13H26N6O2. The highest BCUT2D eigenvalue weighted by Crippen LogP contribution is 2.18. The summed E-state index contributed by atoms with van der Waals surface area (Å²) in [5.74, 6) is 6.23. The van der Waals surface area contributed by atoms with Gasteiger partial charge in [0.05, 0.1) is 12.7 Å². The number of hydrazine groups is 1. The maximum absolute atomic E-state index is 5.55. The van der Waals surface area contributed by atoms with Crippen LogP contribution in [0.25, 0.3) is 0 Å². The summed E-state index contributed by atoms with van der Waals surface area (Å²) in [6.07, 6.45) is 0.933. The minimum atomic E-state index is -0.0260. The van der Waals surface area contributed by atoms with Crippen LogP contribution in [0.3, 0.4) is 0 Å². The van der Waals surface area contributed by atoms with Gasteiger partial charge in [0, 0.05) is 19.7 Å². The average Bonchev–Trinajstić information content (AvgIpc) is 2.46. The molecule has 0 spiro atoms. The van der Waals surface area contributed by atoms with Crippen LogP contribution in [0.4, 0.5) is 11.9 Å². The third kappa shape index (κ3) is 5.31. The smallest absolute Gasteiger partial charge is 0.323 e. The van der Waals surface area contributed by atoms with Gasteiger partial charge in [-0.1, -0.05) is 6.92 Å². The lowest BCUT2D eigenvalue weighted by Gasteiger charge is -2.28. The lowest BCUT2D eigenvalue weighted by molar-refractivity contribution is 0.202. The minimum absolute atomic E-state index is 0.0260. The predicted octanol–water partition coefficient (Wildman–Crippen LogP) is 1.20. The Balaban J connectivity index is 3.09. The number of anilines is 2. The molecule has 1 heterocycles. The first-order valence-corrected chi connectivity index (χ1v) is 7.16. The minimum Gasteiger partial charge on any atom is -0.461 e. The molecular weight excluding hydrogens is 272 g/mol. The topological polar surface area (TPSA) is 98.4 Å². The number of rotatable bonds is 9. The molecule has 0 aromatic carbocycles. The number of ether oxygens (including phenoxy) is 2. The zero-order chi connectivity index (χ0) is 15.8. The number of methoxy groups -OCH3 is 1. The molecule has 0 aliphatic carbocycles. The Morgan fingerprint density at radius 1 is 1.24 bits per heavy atom. The fourth-order valence-corrected chi connectivity index (χ4v) is 1.73. The average molecular weight is 298 g/mol. The zero-order valence-electron chi connectivity index (χ0n) is 13.5. The molecule has 21 heavy (non-hydrogen) atoms. The molecule has 1 aromatic rings. The summed E-state index contributed by atoms with van der Waals surface area (Å²) >= 11 is 0. The second-order valence-electron chi connectivity index (χ2n) is 5.00. The van der Waals surface area contributed by atoms with E-state index in [0.717, 1.165) is 6.42 Å². The maximum atomic E-state index is 5.55. The normalized spacial score (nSPS) is 12.3. The van der Waals surface area contributed by atoms with E-state index in [1.54, 1.807) is 7.11 Å². The van der Waals surface area contributed by atoms with Crippen molar-refractivity contribution in [3.63, 3.8) is 0 Å². The van der Waals surface area contributed by atoms with Gasteiger partial charge < -0.3 is 14.4 Å². The Kier molecular flexibility index (Phi) is 7.10. The van der Waals surface area contributed by atoms with Crippen LogP contribution in [0.5, 0.6) is 6.01 Å². The first kappa shape index (κ1) is 17.4. The van der Waals surface area contributed by atoms with Gasteiger partial charge in [-0.25, -0.2) is 5.84 Å². The molecule has 0 aliphatic heterocycles. The Hall–Kier alpha value is -1.67. The summed E-state index contributed by atoms with van der Waals surface area (Å²) in [6, 6.07) is 0.522. The van der Waals surface area contributed by atoms with Gasteiger partial charge in [-0.2, -0.15) is 15.0 Å². The van der Waals surface area contributed by atoms with E-state index < -0.39 is 0 Å². The molecule has 1 atom stereocenters. The summed E-state index contributed by atoms with van der Waals surface area (Å²) in [5.41, 5.74) is 2.45. The summed E-state index contributed by atoms with van der Waals surface area (Å²) in [4.78, 5) is 14.8. The summed E-state index contributed by atoms with van der Waals surface area (Å²) < 4.78 is 10.7. The highest BCUT2D eigenvalue weighted by Gasteiger charge is 2.18. The van der Waals surface area contributed by atoms with Crippen molar-refractivity contribution in [1.82, 2.24) is 15.0 Å². The molecule has 0 radical (unpaired) electrons. The number of hydrogen-bond acceptors (Lipinski definition) is 8. The number of nitrogens with zero attached hydrogens (tertiary/aromatic N) is 4. The second-order valence-corrected chi connectivity index (χ2v) is 5.00. The first-order chi connectivity index (χ1) is 10.0. The number of aromatic nitrogens is 3. The Bertz CT molecular complexity index is 429. The van der Waals surface area contributed by atoms with Crippen molar-refractivity contribution < 1.29 is 9.47 Å². The van der Waals surface area contributed by atoms with E-state index in [2.05, 4.69) is 39.1 Å². The molecule has 8 heteroatoms. The van der Waals surface area contributed by atoms with Crippen molar-refractivity contribution in [3.8, 4) is 6.01 Å². The number of hydrogen-bond donors (Lipinski definition) is 2. The number of nitrogens with one attached hydrogen (secondary N) is 1. The summed E-state index contributed by atoms with van der Waals surface area (Å²) in [5, 5.41) is 0. The highest BCUT2D eigenvalue weighted by atomic mass is 16.5. The van der Waals surface area contributed by atoms with Crippen LogP contribution in [-0.4, -0.2) is 47.4 Å². The van der Waals surface area contributed by atoms with Crippen molar-refractivity contribution in [1.29, 1.82) is 0 Å². The Labute approximate surface area is 126 Å². The van der Waals surface area contributed by atoms with Gasteiger partial charge in [0.1, 0.15) is 0 Å². The summed E-state index contributed by atoms with van der Waals surface area (Å²) in [6.45, 7) is 9.31.